The molecule has 0 saturated heterocycles. The molecule has 0 spiro atoms. The van der Waals surface area contributed by atoms with Crippen molar-refractivity contribution in [2.75, 3.05) is 7.11 Å². The molecule has 1 atom stereocenters. The van der Waals surface area contributed by atoms with Crippen LogP contribution in [-0.4, -0.2) is 17.6 Å². The van der Waals surface area contributed by atoms with E-state index < -0.39 is 11.6 Å². The molecular formula is C26H19Cl2F2NO2S2. The van der Waals surface area contributed by atoms with Crippen LogP contribution in [-0.2, 0) is 16.1 Å². The van der Waals surface area contributed by atoms with Crippen molar-refractivity contribution in [3.63, 3.8) is 0 Å². The van der Waals surface area contributed by atoms with Crippen molar-refractivity contribution in [3.05, 3.63) is 82.0 Å². The maximum atomic E-state index is 15.3. The van der Waals surface area contributed by atoms with E-state index in [0.29, 0.717) is 33.3 Å². The highest BCUT2D eigenvalue weighted by Crippen LogP contribution is 2.51. The molecule has 0 aliphatic carbocycles. The number of hydrogen-bond acceptors (Lipinski definition) is 4. The Hall–Kier alpha value is -2.19. The molecular weight excluding hydrogens is 531 g/mol. The number of aromatic nitrogens is 1. The Kier molecular flexibility index (Phi) is 7.04. The number of halogens is 4. The van der Waals surface area contributed by atoms with E-state index in [2.05, 4.69) is 0 Å². The minimum atomic E-state index is -0.909. The number of methoxy groups -OCH3 is 1. The zero-order valence-corrected chi connectivity index (χ0v) is 21.6. The van der Waals surface area contributed by atoms with Gasteiger partial charge in [-0.15, -0.1) is 0 Å². The first kappa shape index (κ1) is 24.5. The Morgan fingerprint density at radius 3 is 2.23 bits per heavy atom. The largest absolute Gasteiger partial charge is 0.469 e. The first-order valence-corrected chi connectivity index (χ1v) is 13.2. The Bertz CT molecular complexity index is 1420. The Labute approximate surface area is 219 Å². The van der Waals surface area contributed by atoms with Gasteiger partial charge in [-0.05, 0) is 61.0 Å². The second kappa shape index (κ2) is 10.1. The van der Waals surface area contributed by atoms with Gasteiger partial charge in [-0.1, -0.05) is 46.7 Å². The van der Waals surface area contributed by atoms with Crippen molar-refractivity contribution in [3.8, 4) is 0 Å². The van der Waals surface area contributed by atoms with Gasteiger partial charge in [0.05, 0.1) is 19.0 Å². The van der Waals surface area contributed by atoms with Gasteiger partial charge in [-0.2, -0.15) is 0 Å². The lowest BCUT2D eigenvalue weighted by Crippen LogP contribution is -2.07. The van der Waals surface area contributed by atoms with E-state index in [1.165, 1.54) is 36.7 Å². The van der Waals surface area contributed by atoms with Crippen LogP contribution < -0.4 is 0 Å². The van der Waals surface area contributed by atoms with E-state index in [0.717, 1.165) is 20.4 Å². The molecule has 3 nitrogen and oxygen atoms in total. The van der Waals surface area contributed by atoms with Crippen LogP contribution in [0.3, 0.4) is 0 Å². The normalized spacial score (nSPS) is 14.9. The zero-order valence-electron chi connectivity index (χ0n) is 18.5. The summed E-state index contributed by atoms with van der Waals surface area (Å²) in [7, 11) is 1.35. The van der Waals surface area contributed by atoms with Crippen LogP contribution in [0.4, 0.5) is 8.78 Å². The molecule has 3 aromatic carbocycles. The number of fused-ring (bicyclic) bond motifs is 3. The van der Waals surface area contributed by atoms with Gasteiger partial charge in [0.25, 0.3) is 0 Å². The minimum absolute atomic E-state index is 0.166. The topological polar surface area (TPSA) is 31.2 Å². The lowest BCUT2D eigenvalue weighted by molar-refractivity contribution is -0.141. The fourth-order valence-corrected chi connectivity index (χ4v) is 6.91. The van der Waals surface area contributed by atoms with Crippen LogP contribution in [0.25, 0.3) is 10.9 Å². The van der Waals surface area contributed by atoms with Gasteiger partial charge in [0.15, 0.2) is 11.6 Å². The Morgan fingerprint density at radius 1 is 1.03 bits per heavy atom. The summed E-state index contributed by atoms with van der Waals surface area (Å²) in [6.45, 7) is 0.486. The number of ether oxygens (including phenoxy) is 1. The first-order chi connectivity index (χ1) is 16.9. The van der Waals surface area contributed by atoms with Gasteiger partial charge in [-0.3, -0.25) is 4.79 Å². The summed E-state index contributed by atoms with van der Waals surface area (Å²) < 4.78 is 36.9. The first-order valence-electron chi connectivity index (χ1n) is 10.8. The minimum Gasteiger partial charge on any atom is -0.469 e. The van der Waals surface area contributed by atoms with Crippen LogP contribution in [0.1, 0.15) is 24.5 Å². The van der Waals surface area contributed by atoms with E-state index >= 15 is 4.39 Å². The maximum absolute atomic E-state index is 15.3. The summed E-state index contributed by atoms with van der Waals surface area (Å²) in [5.74, 6) is -2.30. The lowest BCUT2D eigenvalue weighted by atomic mass is 10.00. The van der Waals surface area contributed by atoms with E-state index in [9.17, 15) is 9.18 Å². The summed E-state index contributed by atoms with van der Waals surface area (Å²) in [6.07, 6.45) is 0.814. The summed E-state index contributed by atoms with van der Waals surface area (Å²) in [5, 5.41) is 1.84. The molecule has 4 aromatic rings. The summed E-state index contributed by atoms with van der Waals surface area (Å²) in [5.41, 5.74) is 1.05. The van der Waals surface area contributed by atoms with Crippen LogP contribution in [0, 0.1) is 11.6 Å². The van der Waals surface area contributed by atoms with Gasteiger partial charge < -0.3 is 9.30 Å². The van der Waals surface area contributed by atoms with Crippen molar-refractivity contribution >= 4 is 63.6 Å². The molecule has 1 aliphatic heterocycles. The Balaban J connectivity index is 1.73. The Morgan fingerprint density at radius 2 is 1.63 bits per heavy atom. The third-order valence-corrected chi connectivity index (χ3v) is 8.66. The lowest BCUT2D eigenvalue weighted by Gasteiger charge is -2.13. The number of hydrogen-bond donors (Lipinski definition) is 0. The standard InChI is InChI=1S/C26H19Cl2F2NO2S2/c1-33-21(32)12-14-10-11-31-24(14)26(35-18-8-4-16(28)5-9-18)22-20(13-19(29)23(30)25(22)31)34-17-6-2-15(27)3-7-17/h2-9,13-14H,10-12H2,1H3. The third-order valence-electron chi connectivity index (χ3n) is 5.98. The van der Waals surface area contributed by atoms with E-state index in [1.807, 2.05) is 28.8 Å². The highest BCUT2D eigenvalue weighted by molar-refractivity contribution is 8.00. The van der Waals surface area contributed by atoms with Crippen molar-refractivity contribution < 1.29 is 18.3 Å². The molecule has 0 N–H and O–H groups in total. The average molecular weight is 550 g/mol. The second-order valence-electron chi connectivity index (χ2n) is 8.14. The fraction of sp³-hybridized carbons (Fsp3) is 0.192. The molecule has 9 heteroatoms. The van der Waals surface area contributed by atoms with Gasteiger partial charge in [-0.25, -0.2) is 8.78 Å². The number of esters is 1. The number of benzene rings is 3. The average Bonchev–Trinajstić information content (AvgIpc) is 3.39. The number of carbonyl (C=O) groups excluding carboxylic acids is 1. The number of rotatable bonds is 6. The highest BCUT2D eigenvalue weighted by Gasteiger charge is 2.35. The van der Waals surface area contributed by atoms with E-state index in [1.54, 1.807) is 24.3 Å². The smallest absolute Gasteiger partial charge is 0.306 e. The summed E-state index contributed by atoms with van der Waals surface area (Å²) in [4.78, 5) is 15.3. The number of carbonyl (C=O) groups is 1. The van der Waals surface area contributed by atoms with Gasteiger partial charge in [0.1, 0.15) is 0 Å². The van der Waals surface area contributed by atoms with Crippen molar-refractivity contribution in [2.24, 2.45) is 0 Å². The molecule has 1 aliphatic rings. The quantitative estimate of drug-likeness (QED) is 0.225. The third kappa shape index (κ3) is 4.79. The fourth-order valence-electron chi connectivity index (χ4n) is 4.41. The number of nitrogens with zero attached hydrogens (tertiary/aromatic N) is 1. The molecule has 0 amide bonds. The monoisotopic (exact) mass is 549 g/mol. The SMILES string of the molecule is COC(=O)CC1CCn2c1c(Sc1ccc(Cl)cc1)c1c(Sc3ccc(Cl)cc3)cc(F)c(F)c12. The van der Waals surface area contributed by atoms with E-state index in [-0.39, 0.29) is 23.8 Å². The van der Waals surface area contributed by atoms with Crippen molar-refractivity contribution in [1.82, 2.24) is 4.57 Å². The van der Waals surface area contributed by atoms with Gasteiger partial charge in [0.2, 0.25) is 0 Å². The van der Waals surface area contributed by atoms with Gasteiger partial charge >= 0.3 is 5.97 Å². The molecule has 0 radical (unpaired) electrons. The maximum Gasteiger partial charge on any atom is 0.306 e. The van der Waals surface area contributed by atoms with Crippen LogP contribution in [0.15, 0.2) is 74.2 Å². The molecule has 1 unspecified atom stereocenters. The van der Waals surface area contributed by atoms with Crippen LogP contribution in [0.5, 0.6) is 0 Å². The predicted molar refractivity (Wildman–Crippen MR) is 137 cm³/mol. The van der Waals surface area contributed by atoms with Crippen molar-refractivity contribution in [1.29, 1.82) is 0 Å². The van der Waals surface area contributed by atoms with Gasteiger partial charge in [0, 0.05) is 53.2 Å². The molecule has 0 fully saturated rings. The van der Waals surface area contributed by atoms with E-state index in [4.69, 9.17) is 27.9 Å². The molecule has 1 aromatic heterocycles. The zero-order chi connectivity index (χ0) is 24.7. The molecule has 5 rings (SSSR count). The number of aryl methyl sites for hydroxylation is 1. The molecule has 0 bridgehead atoms. The van der Waals surface area contributed by atoms with Crippen LogP contribution in [0.2, 0.25) is 10.0 Å². The molecule has 180 valence electrons. The van der Waals surface area contributed by atoms with Crippen LogP contribution >= 0.6 is 46.7 Å². The summed E-state index contributed by atoms with van der Waals surface area (Å²) in [6, 6.07) is 15.8. The molecule has 35 heavy (non-hydrogen) atoms. The summed E-state index contributed by atoms with van der Waals surface area (Å²) >= 11 is 14.9. The molecule has 0 saturated carbocycles. The second-order valence-corrected chi connectivity index (χ2v) is 11.2. The predicted octanol–water partition coefficient (Wildman–Crippen LogP) is 8.58. The molecule has 2 heterocycles. The van der Waals surface area contributed by atoms with Crippen molar-refractivity contribution in [2.45, 2.75) is 44.9 Å². The highest BCUT2D eigenvalue weighted by atomic mass is 35.5.